The number of nitrogens with one attached hydrogen (secondary N) is 1. The minimum atomic E-state index is -9.24. The lowest BCUT2D eigenvalue weighted by Crippen LogP contribution is -2.75. The Hall–Kier alpha value is -2.60. The summed E-state index contributed by atoms with van der Waals surface area (Å²) in [4.78, 5) is 0. The van der Waals surface area contributed by atoms with Crippen LogP contribution in [0.4, 0.5) is 149 Å². The topological polar surface area (TPSA) is 86.8 Å². The molecule has 0 aliphatic rings. The van der Waals surface area contributed by atoms with Crippen LogP contribution in [-0.4, -0.2) is 159 Å². The van der Waals surface area contributed by atoms with E-state index >= 15 is 0 Å². The molecular formula is C26H23F34N3O4S2. The van der Waals surface area contributed by atoms with Crippen molar-refractivity contribution in [1.29, 1.82) is 0 Å². The molecule has 0 aromatic rings. The van der Waals surface area contributed by atoms with E-state index < -0.39 is 175 Å². The van der Waals surface area contributed by atoms with E-state index in [0.29, 0.717) is 13.8 Å². The molecule has 43 heteroatoms. The molecule has 0 radical (unpaired) electrons. The second-order valence-electron chi connectivity index (χ2n) is 13.5. The van der Waals surface area contributed by atoms with Gasteiger partial charge in [0, 0.05) is 39.3 Å². The number of halogens is 34. The van der Waals surface area contributed by atoms with E-state index in [1.807, 2.05) is 0 Å². The fourth-order valence-electron chi connectivity index (χ4n) is 4.68. The second kappa shape index (κ2) is 18.7. The van der Waals surface area contributed by atoms with Crippen molar-refractivity contribution in [3.8, 4) is 0 Å². The molecule has 0 saturated heterocycles. The molecule has 69 heavy (non-hydrogen) atoms. The summed E-state index contributed by atoms with van der Waals surface area (Å²) in [5.74, 6) is -108. The first-order valence-electron chi connectivity index (χ1n) is 16.8. The van der Waals surface area contributed by atoms with Crippen LogP contribution in [0.25, 0.3) is 0 Å². The highest BCUT2D eigenvalue weighted by Crippen LogP contribution is 2.66. The summed E-state index contributed by atoms with van der Waals surface area (Å²) in [5, 5.41) is -14.8. The average molecular weight is 1150 g/mol. The van der Waals surface area contributed by atoms with E-state index in [1.165, 1.54) is 5.32 Å². The van der Waals surface area contributed by atoms with E-state index in [4.69, 9.17) is 0 Å². The van der Waals surface area contributed by atoms with Crippen molar-refractivity contribution in [2.45, 2.75) is 121 Å². The third-order valence-electron chi connectivity index (χ3n) is 8.74. The molecule has 7 nitrogen and oxygen atoms in total. The van der Waals surface area contributed by atoms with E-state index in [9.17, 15) is 166 Å². The molecular weight excluding hydrogens is 1130 g/mol. The molecule has 1 N–H and O–H groups in total. The zero-order chi connectivity index (χ0) is 56.5. The van der Waals surface area contributed by atoms with Crippen LogP contribution in [0.15, 0.2) is 0 Å². The molecule has 416 valence electrons. The predicted octanol–water partition coefficient (Wildman–Crippen LogP) is 10.6. The molecule has 0 aliphatic heterocycles. The van der Waals surface area contributed by atoms with Gasteiger partial charge in [-0.1, -0.05) is 13.8 Å². The third kappa shape index (κ3) is 9.38. The summed E-state index contributed by atoms with van der Waals surface area (Å²) in [6.07, 6.45) is -18.4. The quantitative estimate of drug-likeness (QED) is 0.0689. The number of sulfonamides is 2. The maximum Gasteiger partial charge on any atom is 0.460 e. The summed E-state index contributed by atoms with van der Waals surface area (Å²) >= 11 is 0. The molecule has 0 atom stereocenters. The average Bonchev–Trinajstić information content (AvgIpc) is 3.14. The Morgan fingerprint density at radius 2 is 0.464 bits per heavy atom. The molecule has 0 spiro atoms. The van der Waals surface area contributed by atoms with Gasteiger partial charge in [-0.05, 0) is 12.8 Å². The molecule has 0 aliphatic carbocycles. The van der Waals surface area contributed by atoms with Crippen LogP contribution in [0.1, 0.15) is 26.7 Å². The number of hydrogen-bond donors (Lipinski definition) is 1. The summed E-state index contributed by atoms with van der Waals surface area (Å²) < 4.78 is 512. The normalized spacial score (nSPS) is 16.6. The molecule has 0 heterocycles. The SMILES string of the molecule is CCCN(CCNCCN(CCC)S(=O)(=O)C(F)(F)C(F)(F)C(F)(F)C(F)(F)C(F)(F)C(F)(F)C(F)(F)C(F)(F)F)S(=O)(=O)C(F)(F)C(F)(F)C(F)(F)C(F)(F)C(F)(F)C(F)(F)C(F)(F)C(F)(F)F. The zero-order valence-corrected chi connectivity index (χ0v) is 34.0. The van der Waals surface area contributed by atoms with Crippen molar-refractivity contribution < 1.29 is 166 Å². The fourth-order valence-corrected chi connectivity index (χ4v) is 7.74. The highest BCUT2D eigenvalue weighted by Gasteiger charge is 2.98. The van der Waals surface area contributed by atoms with E-state index in [1.54, 1.807) is 0 Å². The Labute approximate surface area is 360 Å². The standard InChI is InChI=1S/C26H23F34N3O4S2/c1-3-7-62(68(64,65)25(57,58)21(47,48)17(39,40)13(31,32)11(27,28)15(35,36)19(43,44)23(51,52)53)9-5-61-6-10-63(8-4-2)69(66,67)26(59,60)22(49,50)18(41,42)14(33,34)12(29,30)16(37,38)20(45,46)24(54,55)56/h61H,3-10H2,1-2H3. The first-order valence-corrected chi connectivity index (χ1v) is 19.6. The van der Waals surface area contributed by atoms with Gasteiger partial charge in [-0.3, -0.25) is 0 Å². The minimum Gasteiger partial charge on any atom is -0.314 e. The van der Waals surface area contributed by atoms with Gasteiger partial charge in [0.15, 0.2) is 0 Å². The summed E-state index contributed by atoms with van der Waals surface area (Å²) in [6.45, 7) is -10.3. The monoisotopic (exact) mass is 1150 g/mol. The van der Waals surface area contributed by atoms with Gasteiger partial charge >= 0.3 is 93.9 Å². The highest BCUT2D eigenvalue weighted by atomic mass is 32.2. The molecule has 0 bridgehead atoms. The van der Waals surface area contributed by atoms with Crippen molar-refractivity contribution >= 4 is 20.0 Å². The number of nitrogens with zero attached hydrogens (tertiary/aromatic N) is 2. The largest absolute Gasteiger partial charge is 0.460 e. The van der Waals surface area contributed by atoms with Crippen LogP contribution < -0.4 is 5.32 Å². The Morgan fingerprint density at radius 3 is 0.638 bits per heavy atom. The summed E-state index contributed by atoms with van der Waals surface area (Å²) in [6, 6.07) is 0. The lowest BCUT2D eigenvalue weighted by Gasteiger charge is -2.43. The third-order valence-corrected chi connectivity index (χ3v) is 12.6. The van der Waals surface area contributed by atoms with Gasteiger partial charge in [0.25, 0.3) is 20.0 Å². The van der Waals surface area contributed by atoms with Gasteiger partial charge in [-0.15, -0.1) is 0 Å². The smallest absolute Gasteiger partial charge is 0.314 e. The van der Waals surface area contributed by atoms with Crippen molar-refractivity contribution in [1.82, 2.24) is 13.9 Å². The first-order chi connectivity index (χ1) is 29.6. The van der Waals surface area contributed by atoms with Crippen molar-refractivity contribution in [3.05, 3.63) is 0 Å². The van der Waals surface area contributed by atoms with Gasteiger partial charge in [0.1, 0.15) is 0 Å². The first kappa shape index (κ1) is 66.4. The van der Waals surface area contributed by atoms with Crippen LogP contribution >= 0.6 is 0 Å². The fraction of sp³-hybridized carbons (Fsp3) is 1.00. The number of alkyl halides is 34. The van der Waals surface area contributed by atoms with Gasteiger partial charge in [0.05, 0.1) is 0 Å². The van der Waals surface area contributed by atoms with Crippen molar-refractivity contribution in [3.63, 3.8) is 0 Å². The van der Waals surface area contributed by atoms with Gasteiger partial charge < -0.3 is 5.32 Å². The Morgan fingerprint density at radius 1 is 0.290 bits per heavy atom. The molecule has 0 aromatic heterocycles. The number of hydrogen-bond acceptors (Lipinski definition) is 5. The Kier molecular flexibility index (Phi) is 18.0. The maximum atomic E-state index is 14.7. The summed E-state index contributed by atoms with van der Waals surface area (Å²) in [7, 11) is -16.0. The molecule has 0 rings (SSSR count). The summed E-state index contributed by atoms with van der Waals surface area (Å²) in [5.41, 5.74) is 0. The van der Waals surface area contributed by atoms with Crippen LogP contribution in [0.5, 0.6) is 0 Å². The molecule has 0 saturated carbocycles. The van der Waals surface area contributed by atoms with E-state index in [0.717, 1.165) is 0 Å². The van der Waals surface area contributed by atoms with Crippen LogP contribution in [0.3, 0.4) is 0 Å². The molecule has 0 aromatic carbocycles. The molecule has 0 amide bonds. The van der Waals surface area contributed by atoms with Crippen LogP contribution in [0.2, 0.25) is 0 Å². The lowest BCUT2D eigenvalue weighted by molar-refractivity contribution is -0.458. The maximum absolute atomic E-state index is 14.7. The minimum absolute atomic E-state index is 0.603. The van der Waals surface area contributed by atoms with Gasteiger partial charge in [-0.25, -0.2) is 16.8 Å². The van der Waals surface area contributed by atoms with E-state index in [2.05, 4.69) is 0 Å². The van der Waals surface area contributed by atoms with E-state index in [-0.39, 0.29) is 0 Å². The van der Waals surface area contributed by atoms with Crippen LogP contribution in [0, 0.1) is 0 Å². The van der Waals surface area contributed by atoms with Crippen molar-refractivity contribution in [2.75, 3.05) is 39.3 Å². The predicted molar refractivity (Wildman–Crippen MR) is 156 cm³/mol. The highest BCUT2D eigenvalue weighted by molar-refractivity contribution is 7.90. The zero-order valence-electron chi connectivity index (χ0n) is 32.4. The van der Waals surface area contributed by atoms with Crippen LogP contribution in [-0.2, 0) is 20.0 Å². The molecule has 0 unspecified atom stereocenters. The Bertz CT molecular complexity index is 1860. The second-order valence-corrected chi connectivity index (χ2v) is 17.4. The Balaban J connectivity index is 6.90. The van der Waals surface area contributed by atoms with Gasteiger partial charge in [0.2, 0.25) is 0 Å². The molecule has 0 fully saturated rings. The van der Waals surface area contributed by atoms with Crippen molar-refractivity contribution in [2.24, 2.45) is 0 Å². The van der Waals surface area contributed by atoms with Gasteiger partial charge in [-0.2, -0.15) is 158 Å². The lowest BCUT2D eigenvalue weighted by atomic mass is 9.91. The number of rotatable bonds is 26.